The summed E-state index contributed by atoms with van der Waals surface area (Å²) in [5, 5.41) is 8.10. The second-order valence-corrected chi connectivity index (χ2v) is 8.33. The Morgan fingerprint density at radius 1 is 1.07 bits per heavy atom. The lowest BCUT2D eigenvalue weighted by atomic mass is 10.0. The second-order valence-electron chi connectivity index (χ2n) is 8.33. The lowest BCUT2D eigenvalue weighted by Gasteiger charge is -2.26. The Morgan fingerprint density at radius 3 is 2.19 bits per heavy atom. The van der Waals surface area contributed by atoms with E-state index in [1.807, 2.05) is 0 Å². The predicted octanol–water partition coefficient (Wildman–Crippen LogP) is 1.90. The number of fused-ring (bicyclic) bond motifs is 1. The minimum absolute atomic E-state index is 0.0531. The van der Waals surface area contributed by atoms with Crippen LogP contribution in [0.1, 0.15) is 29.5 Å². The molecule has 0 aliphatic carbocycles. The van der Waals surface area contributed by atoms with E-state index in [1.165, 1.54) is 31.9 Å². The standard InChI is InChI=1S/C18H18FN5O7.C6H6O6/c1-4-18(27-3,8-29-16(25)28-7-11-10(2)30-17(26)31-11)5-6-24-9-21-12-13(20)22-15(19)23-14(12)24;1-3-4(2-10-5(7)8)12-6(9)11-3/h1,9H,5-8H2,2-3H3,(H2,20,22,23);2H2,1H3,(H,7,8). The van der Waals surface area contributed by atoms with Gasteiger partial charge in [-0.1, -0.05) is 5.92 Å². The van der Waals surface area contributed by atoms with Crippen molar-refractivity contribution >= 4 is 29.3 Å². The number of imidazole rings is 1. The van der Waals surface area contributed by atoms with Gasteiger partial charge in [-0.05, 0) is 13.8 Å². The summed E-state index contributed by atoms with van der Waals surface area (Å²) in [6, 6.07) is 0. The van der Waals surface area contributed by atoms with Crippen LogP contribution in [0.5, 0.6) is 0 Å². The fraction of sp³-hybridized carbons (Fsp3) is 0.375. The summed E-state index contributed by atoms with van der Waals surface area (Å²) in [4.78, 5) is 54.4. The maximum absolute atomic E-state index is 13.5. The van der Waals surface area contributed by atoms with E-state index in [0.29, 0.717) is 0 Å². The lowest BCUT2D eigenvalue weighted by molar-refractivity contribution is -0.0414. The van der Waals surface area contributed by atoms with E-state index < -0.39 is 35.6 Å². The molecule has 230 valence electrons. The molecule has 0 saturated heterocycles. The number of nitrogens with zero attached hydrogens (tertiary/aromatic N) is 4. The van der Waals surface area contributed by atoms with Crippen LogP contribution in [0.15, 0.2) is 33.6 Å². The van der Waals surface area contributed by atoms with Crippen LogP contribution in [0.3, 0.4) is 0 Å². The zero-order valence-corrected chi connectivity index (χ0v) is 22.8. The van der Waals surface area contributed by atoms with Gasteiger partial charge in [0.2, 0.25) is 0 Å². The summed E-state index contributed by atoms with van der Waals surface area (Å²) in [7, 11) is 1.35. The summed E-state index contributed by atoms with van der Waals surface area (Å²) >= 11 is 0. The number of carboxylic acid groups (broad SMARTS) is 1. The number of carbonyl (C=O) groups is 2. The van der Waals surface area contributed by atoms with Crippen LogP contribution in [-0.4, -0.2) is 56.3 Å². The van der Waals surface area contributed by atoms with E-state index in [9.17, 15) is 23.6 Å². The van der Waals surface area contributed by atoms with Gasteiger partial charge in [0, 0.05) is 20.1 Å². The number of nitrogens with two attached hydrogens (primary N) is 1. The number of hydrogen-bond donors (Lipinski definition) is 2. The minimum atomic E-state index is -1.43. The Labute approximate surface area is 239 Å². The fourth-order valence-electron chi connectivity index (χ4n) is 3.29. The minimum Gasteiger partial charge on any atom is -0.450 e. The molecular formula is C24H24FN5O13. The van der Waals surface area contributed by atoms with Crippen molar-refractivity contribution in [3.8, 4) is 12.3 Å². The Bertz CT molecular complexity index is 1740. The van der Waals surface area contributed by atoms with Crippen LogP contribution in [0.4, 0.5) is 19.8 Å². The van der Waals surface area contributed by atoms with Gasteiger partial charge < -0.3 is 52.0 Å². The second kappa shape index (κ2) is 13.8. The average Bonchev–Trinajstić information content (AvgIpc) is 3.62. The molecule has 43 heavy (non-hydrogen) atoms. The number of anilines is 1. The molecule has 4 aromatic rings. The Kier molecular flexibility index (Phi) is 10.2. The largest absolute Gasteiger partial charge is 0.519 e. The molecular weight excluding hydrogens is 585 g/mol. The Balaban J connectivity index is 0.000000353. The maximum Gasteiger partial charge on any atom is 0.519 e. The third-order valence-corrected chi connectivity index (χ3v) is 5.62. The van der Waals surface area contributed by atoms with Crippen LogP contribution in [-0.2, 0) is 38.7 Å². The maximum atomic E-state index is 13.5. The molecule has 18 nitrogen and oxygen atoms in total. The predicted molar refractivity (Wildman–Crippen MR) is 136 cm³/mol. The average molecular weight is 609 g/mol. The molecule has 4 heterocycles. The summed E-state index contributed by atoms with van der Waals surface area (Å²) in [6.45, 7) is 2.14. The van der Waals surface area contributed by atoms with Crippen molar-refractivity contribution in [2.24, 2.45) is 0 Å². The zero-order valence-electron chi connectivity index (χ0n) is 22.8. The fourth-order valence-corrected chi connectivity index (χ4v) is 3.29. The van der Waals surface area contributed by atoms with Gasteiger partial charge in [-0.2, -0.15) is 14.4 Å². The van der Waals surface area contributed by atoms with Crippen molar-refractivity contribution in [2.75, 3.05) is 19.5 Å². The van der Waals surface area contributed by atoms with E-state index in [2.05, 4.69) is 38.9 Å². The van der Waals surface area contributed by atoms with Crippen molar-refractivity contribution in [3.63, 3.8) is 0 Å². The number of terminal acetylenes is 1. The van der Waals surface area contributed by atoms with Crippen molar-refractivity contribution < 1.29 is 55.7 Å². The first-order chi connectivity index (χ1) is 20.4. The van der Waals surface area contributed by atoms with E-state index in [-0.39, 0.29) is 72.8 Å². The molecule has 0 fully saturated rings. The van der Waals surface area contributed by atoms with Gasteiger partial charge in [-0.15, -0.1) is 6.42 Å². The van der Waals surface area contributed by atoms with Crippen molar-refractivity contribution in [2.45, 2.75) is 45.6 Å². The molecule has 0 aliphatic rings. The van der Waals surface area contributed by atoms with Crippen molar-refractivity contribution in [1.82, 2.24) is 19.5 Å². The van der Waals surface area contributed by atoms with E-state index in [1.54, 1.807) is 0 Å². The Hall–Kier alpha value is -5.64. The highest BCUT2D eigenvalue weighted by atomic mass is 19.1. The SMILES string of the molecule is C#CC(CCn1cnc2c(N)nc(F)nc21)(COC(=O)OCc1oc(=O)oc1C)OC.Cc1oc(=O)oc1COC(=O)O. The Morgan fingerprint density at radius 2 is 1.67 bits per heavy atom. The van der Waals surface area contributed by atoms with Gasteiger partial charge in [-0.25, -0.2) is 24.2 Å². The topological polar surface area (TPSA) is 248 Å². The zero-order chi connectivity index (χ0) is 31.7. The first-order valence-corrected chi connectivity index (χ1v) is 11.9. The summed E-state index contributed by atoms with van der Waals surface area (Å²) in [5.74, 6) is 1.12. The highest BCUT2D eigenvalue weighted by Crippen LogP contribution is 2.21. The number of hydrogen-bond acceptors (Lipinski definition) is 16. The van der Waals surface area contributed by atoms with Crippen LogP contribution in [0.2, 0.25) is 0 Å². The van der Waals surface area contributed by atoms with Gasteiger partial charge in [0.05, 0.1) is 6.33 Å². The molecule has 0 amide bonds. The number of carbonyl (C=O) groups excluding carboxylic acids is 1. The van der Waals surface area contributed by atoms with Gasteiger partial charge >= 0.3 is 30.0 Å². The van der Waals surface area contributed by atoms with E-state index >= 15 is 0 Å². The normalized spacial score (nSPS) is 12.1. The van der Waals surface area contributed by atoms with Crippen LogP contribution in [0.25, 0.3) is 11.2 Å². The van der Waals surface area contributed by atoms with Gasteiger partial charge in [0.25, 0.3) is 0 Å². The molecule has 4 rings (SSSR count). The highest BCUT2D eigenvalue weighted by Gasteiger charge is 2.30. The first-order valence-electron chi connectivity index (χ1n) is 11.9. The molecule has 0 aromatic carbocycles. The van der Waals surface area contributed by atoms with Gasteiger partial charge in [-0.3, -0.25) is 0 Å². The number of halogens is 1. The summed E-state index contributed by atoms with van der Waals surface area (Å²) in [6.07, 6.45) is 3.67. The molecule has 4 aromatic heterocycles. The smallest absolute Gasteiger partial charge is 0.450 e. The molecule has 0 saturated carbocycles. The molecule has 19 heteroatoms. The molecule has 0 radical (unpaired) electrons. The monoisotopic (exact) mass is 609 g/mol. The third kappa shape index (κ3) is 8.43. The van der Waals surface area contributed by atoms with Gasteiger partial charge in [0.15, 0.2) is 53.3 Å². The highest BCUT2D eigenvalue weighted by molar-refractivity contribution is 5.81. The van der Waals surface area contributed by atoms with Crippen LogP contribution < -0.4 is 17.4 Å². The third-order valence-electron chi connectivity index (χ3n) is 5.62. The number of aryl methyl sites for hydroxylation is 3. The first kappa shape index (κ1) is 31.9. The lowest BCUT2D eigenvalue weighted by Crippen LogP contribution is -2.37. The number of methoxy groups -OCH3 is 1. The van der Waals surface area contributed by atoms with Crippen molar-refractivity contribution in [3.05, 3.63) is 56.7 Å². The number of rotatable bonds is 10. The van der Waals surface area contributed by atoms with Crippen LogP contribution in [0, 0.1) is 32.3 Å². The number of aromatic nitrogens is 4. The molecule has 1 atom stereocenters. The van der Waals surface area contributed by atoms with E-state index in [0.717, 1.165) is 0 Å². The van der Waals surface area contributed by atoms with Crippen molar-refractivity contribution in [1.29, 1.82) is 0 Å². The van der Waals surface area contributed by atoms with Gasteiger partial charge in [0.1, 0.15) is 12.1 Å². The molecule has 0 bridgehead atoms. The molecule has 3 N–H and O–H groups in total. The molecule has 1 unspecified atom stereocenters. The summed E-state index contributed by atoms with van der Waals surface area (Å²) < 4.78 is 52.7. The summed E-state index contributed by atoms with van der Waals surface area (Å²) in [5.41, 5.74) is 4.75. The van der Waals surface area contributed by atoms with Crippen LogP contribution >= 0.6 is 0 Å². The molecule has 0 aliphatic heterocycles. The number of ether oxygens (including phenoxy) is 4. The number of nitrogen functional groups attached to an aromatic ring is 1. The molecule has 0 spiro atoms. The quantitative estimate of drug-likeness (QED) is 0.148. The van der Waals surface area contributed by atoms with E-state index in [4.69, 9.17) is 35.9 Å².